The lowest BCUT2D eigenvalue weighted by Gasteiger charge is -2.13. The molecule has 0 aromatic heterocycles. The second kappa shape index (κ2) is 8.61. The lowest BCUT2D eigenvalue weighted by Crippen LogP contribution is -2.29. The van der Waals surface area contributed by atoms with Gasteiger partial charge < -0.3 is 5.11 Å². The van der Waals surface area contributed by atoms with Crippen molar-refractivity contribution in [2.45, 2.75) is 25.7 Å². The molecule has 1 fully saturated rings. The van der Waals surface area contributed by atoms with Gasteiger partial charge >= 0.3 is 5.97 Å². The van der Waals surface area contributed by atoms with Gasteiger partial charge in [-0.2, -0.15) is 0 Å². The second-order valence-electron chi connectivity index (χ2n) is 5.09. The molecule has 0 aliphatic carbocycles. The number of carboxylic acids is 1. The van der Waals surface area contributed by atoms with Crippen molar-refractivity contribution in [3.05, 3.63) is 39.2 Å². The zero-order valence-electron chi connectivity index (χ0n) is 12.3. The number of thiocarbonyl (C=S) groups is 1. The van der Waals surface area contributed by atoms with Crippen LogP contribution in [0.4, 0.5) is 0 Å². The number of aliphatic carboxylic acids is 1. The van der Waals surface area contributed by atoms with Crippen LogP contribution in [0.3, 0.4) is 0 Å². The van der Waals surface area contributed by atoms with E-state index in [2.05, 4.69) is 15.9 Å². The van der Waals surface area contributed by atoms with E-state index in [4.69, 9.17) is 17.3 Å². The number of unbranched alkanes of at least 4 members (excludes halogenated alkanes) is 2. The minimum absolute atomic E-state index is 0.0711. The maximum Gasteiger partial charge on any atom is 0.303 e. The van der Waals surface area contributed by atoms with Crippen LogP contribution in [0.25, 0.3) is 6.08 Å². The smallest absolute Gasteiger partial charge is 0.303 e. The number of benzene rings is 1. The normalized spacial score (nSPS) is 16.4. The molecule has 0 spiro atoms. The minimum atomic E-state index is -0.785. The third-order valence-corrected chi connectivity index (χ3v) is 5.16. The highest BCUT2D eigenvalue weighted by molar-refractivity contribution is 9.10. The van der Waals surface area contributed by atoms with E-state index in [0.29, 0.717) is 22.2 Å². The minimum Gasteiger partial charge on any atom is -0.481 e. The van der Waals surface area contributed by atoms with Crippen LogP contribution in [-0.4, -0.2) is 32.7 Å². The lowest BCUT2D eigenvalue weighted by atomic mass is 10.2. The number of nitrogens with zero attached hydrogens (tertiary/aromatic N) is 1. The van der Waals surface area contributed by atoms with Crippen molar-refractivity contribution >= 4 is 62.2 Å². The number of carbonyl (C=O) groups excluding carboxylic acids is 1. The summed E-state index contributed by atoms with van der Waals surface area (Å²) < 4.78 is 1.52. The van der Waals surface area contributed by atoms with Gasteiger partial charge in [-0.3, -0.25) is 14.5 Å². The van der Waals surface area contributed by atoms with E-state index in [9.17, 15) is 9.59 Å². The number of hydrogen-bond donors (Lipinski definition) is 1. The van der Waals surface area contributed by atoms with Gasteiger partial charge in [0.25, 0.3) is 5.91 Å². The summed E-state index contributed by atoms with van der Waals surface area (Å²) in [7, 11) is 0. The molecule has 1 saturated heterocycles. The van der Waals surface area contributed by atoms with Crippen molar-refractivity contribution in [2.75, 3.05) is 6.54 Å². The van der Waals surface area contributed by atoms with Crippen LogP contribution in [0.2, 0.25) is 0 Å². The SMILES string of the molecule is O=C(O)CCCCCN1C(=O)/C(=C/c2cccc(Br)c2)SC1=S. The Balaban J connectivity index is 1.93. The third kappa shape index (κ3) is 5.44. The van der Waals surface area contributed by atoms with Crippen molar-refractivity contribution in [3.8, 4) is 0 Å². The fourth-order valence-corrected chi connectivity index (χ4v) is 3.89. The largest absolute Gasteiger partial charge is 0.481 e. The Morgan fingerprint density at radius 1 is 1.35 bits per heavy atom. The first-order valence-corrected chi connectivity index (χ1v) is 9.22. The predicted octanol–water partition coefficient (Wildman–Crippen LogP) is 4.30. The molecule has 1 amide bonds. The van der Waals surface area contributed by atoms with Crippen LogP contribution in [0, 0.1) is 0 Å². The summed E-state index contributed by atoms with van der Waals surface area (Å²) >= 11 is 10.0. The first-order chi connectivity index (χ1) is 11.0. The molecule has 1 aliphatic heterocycles. The maximum atomic E-state index is 12.4. The van der Waals surface area contributed by atoms with E-state index in [1.54, 1.807) is 4.90 Å². The molecule has 0 radical (unpaired) electrons. The van der Waals surface area contributed by atoms with Crippen molar-refractivity contribution in [1.82, 2.24) is 4.90 Å². The number of halogens is 1. The highest BCUT2D eigenvalue weighted by atomic mass is 79.9. The quantitative estimate of drug-likeness (QED) is 0.410. The van der Waals surface area contributed by atoms with Crippen LogP contribution in [0.5, 0.6) is 0 Å². The molecule has 0 saturated carbocycles. The van der Waals surface area contributed by atoms with E-state index in [1.807, 2.05) is 30.3 Å². The standard InChI is InChI=1S/C16H16BrNO3S2/c17-12-6-4-5-11(9-12)10-13-15(21)18(16(22)23-13)8-3-1-2-7-14(19)20/h4-6,9-10H,1-3,7-8H2,(H,19,20)/b13-10-. The predicted molar refractivity (Wildman–Crippen MR) is 100 cm³/mol. The van der Waals surface area contributed by atoms with Gasteiger partial charge in [0.2, 0.25) is 0 Å². The van der Waals surface area contributed by atoms with Crippen LogP contribution >= 0.6 is 39.9 Å². The van der Waals surface area contributed by atoms with E-state index in [1.165, 1.54) is 11.8 Å². The van der Waals surface area contributed by atoms with Crippen molar-refractivity contribution in [3.63, 3.8) is 0 Å². The van der Waals surface area contributed by atoms with E-state index in [-0.39, 0.29) is 12.3 Å². The topological polar surface area (TPSA) is 57.6 Å². The lowest BCUT2D eigenvalue weighted by molar-refractivity contribution is -0.137. The molecular formula is C16H16BrNO3S2. The fourth-order valence-electron chi connectivity index (χ4n) is 2.16. The average Bonchev–Trinajstić information content (AvgIpc) is 2.74. The zero-order chi connectivity index (χ0) is 16.8. The van der Waals surface area contributed by atoms with Gasteiger partial charge in [-0.05, 0) is 36.6 Å². The molecule has 122 valence electrons. The average molecular weight is 414 g/mol. The van der Waals surface area contributed by atoms with Gasteiger partial charge in [-0.15, -0.1) is 0 Å². The third-order valence-electron chi connectivity index (χ3n) is 3.29. The molecule has 0 bridgehead atoms. The van der Waals surface area contributed by atoms with Gasteiger partial charge in [0.1, 0.15) is 4.32 Å². The number of hydrogen-bond acceptors (Lipinski definition) is 4. The van der Waals surface area contributed by atoms with Crippen LogP contribution < -0.4 is 0 Å². The summed E-state index contributed by atoms with van der Waals surface area (Å²) in [6, 6.07) is 7.72. The molecule has 1 aliphatic rings. The zero-order valence-corrected chi connectivity index (χ0v) is 15.5. The van der Waals surface area contributed by atoms with Crippen LogP contribution in [-0.2, 0) is 9.59 Å². The first kappa shape index (κ1) is 18.2. The van der Waals surface area contributed by atoms with Gasteiger partial charge in [0.05, 0.1) is 4.91 Å². The molecular weight excluding hydrogens is 398 g/mol. The van der Waals surface area contributed by atoms with Gasteiger partial charge in [0.15, 0.2) is 0 Å². The van der Waals surface area contributed by atoms with Crippen LogP contribution in [0.1, 0.15) is 31.2 Å². The van der Waals surface area contributed by atoms with Crippen molar-refractivity contribution < 1.29 is 14.7 Å². The number of carbonyl (C=O) groups is 2. The Morgan fingerprint density at radius 3 is 2.83 bits per heavy atom. The number of rotatable bonds is 7. The molecule has 4 nitrogen and oxygen atoms in total. The molecule has 2 rings (SSSR count). The van der Waals surface area contributed by atoms with Crippen molar-refractivity contribution in [1.29, 1.82) is 0 Å². The summed E-state index contributed by atoms with van der Waals surface area (Å²) in [6.45, 7) is 0.542. The Bertz CT molecular complexity index is 660. The molecule has 23 heavy (non-hydrogen) atoms. The second-order valence-corrected chi connectivity index (χ2v) is 7.68. The molecule has 0 unspecified atom stereocenters. The number of amides is 1. The molecule has 1 N–H and O–H groups in total. The molecule has 1 aromatic carbocycles. The molecule has 1 aromatic rings. The first-order valence-electron chi connectivity index (χ1n) is 7.20. The van der Waals surface area contributed by atoms with E-state index in [0.717, 1.165) is 22.9 Å². The van der Waals surface area contributed by atoms with Crippen LogP contribution in [0.15, 0.2) is 33.6 Å². The highest BCUT2D eigenvalue weighted by Crippen LogP contribution is 2.33. The summed E-state index contributed by atoms with van der Waals surface area (Å²) in [5.41, 5.74) is 0.946. The monoisotopic (exact) mass is 413 g/mol. The van der Waals surface area contributed by atoms with E-state index < -0.39 is 5.97 Å². The Kier molecular flexibility index (Phi) is 6.80. The summed E-state index contributed by atoms with van der Waals surface area (Å²) in [4.78, 5) is 25.1. The number of thioether (sulfide) groups is 1. The number of carboxylic acid groups (broad SMARTS) is 1. The Morgan fingerprint density at radius 2 is 2.13 bits per heavy atom. The molecule has 7 heteroatoms. The fraction of sp³-hybridized carbons (Fsp3) is 0.312. The van der Waals surface area contributed by atoms with E-state index >= 15 is 0 Å². The molecule has 1 heterocycles. The molecule has 0 atom stereocenters. The van der Waals surface area contributed by atoms with Gasteiger partial charge in [-0.25, -0.2) is 0 Å². The summed E-state index contributed by atoms with van der Waals surface area (Å²) in [5.74, 6) is -0.856. The highest BCUT2D eigenvalue weighted by Gasteiger charge is 2.31. The van der Waals surface area contributed by atoms with Crippen molar-refractivity contribution in [2.24, 2.45) is 0 Å². The summed E-state index contributed by atoms with van der Waals surface area (Å²) in [6.07, 6.45) is 4.16. The maximum absolute atomic E-state index is 12.4. The van der Waals surface area contributed by atoms with Gasteiger partial charge in [-0.1, -0.05) is 58.5 Å². The Labute approximate surface area is 153 Å². The van der Waals surface area contributed by atoms with Gasteiger partial charge in [0, 0.05) is 17.4 Å². The summed E-state index contributed by atoms with van der Waals surface area (Å²) in [5, 5.41) is 8.60. The Hall–Kier alpha value is -1.18.